The van der Waals surface area contributed by atoms with Gasteiger partial charge in [-0.25, -0.2) is 4.39 Å². The fourth-order valence-corrected chi connectivity index (χ4v) is 2.56. The molecule has 0 aliphatic carbocycles. The van der Waals surface area contributed by atoms with Crippen LogP contribution in [0.4, 0.5) is 4.39 Å². The van der Waals surface area contributed by atoms with Gasteiger partial charge in [0.05, 0.1) is 30.8 Å². The number of carbonyl (C=O) groups excluding carboxylic acids is 1. The van der Waals surface area contributed by atoms with Crippen LogP contribution in [0.25, 0.3) is 0 Å². The van der Waals surface area contributed by atoms with Crippen molar-refractivity contribution in [3.63, 3.8) is 0 Å². The molecule has 0 spiro atoms. The van der Waals surface area contributed by atoms with Crippen LogP contribution in [0.3, 0.4) is 0 Å². The maximum atomic E-state index is 13.1. The zero-order chi connectivity index (χ0) is 15.6. The molecule has 1 aromatic carbocycles. The summed E-state index contributed by atoms with van der Waals surface area (Å²) in [4.78, 5) is 14.6. The molecule has 1 fully saturated rings. The number of benzene rings is 1. The Balaban J connectivity index is 2.22. The third-order valence-corrected chi connectivity index (χ3v) is 4.07. The first-order valence-corrected chi connectivity index (χ1v) is 7.16. The summed E-state index contributed by atoms with van der Waals surface area (Å²) >= 11 is 0. The number of morpholine rings is 1. The van der Waals surface area contributed by atoms with Crippen LogP contribution in [0.15, 0.2) is 24.3 Å². The Morgan fingerprint density at radius 2 is 2.05 bits per heavy atom. The molecule has 1 heterocycles. The van der Waals surface area contributed by atoms with E-state index in [0.29, 0.717) is 13.2 Å². The first kappa shape index (κ1) is 15.9. The third-order valence-electron chi connectivity index (χ3n) is 4.07. The van der Waals surface area contributed by atoms with Gasteiger partial charge in [-0.3, -0.25) is 4.79 Å². The lowest BCUT2D eigenvalue weighted by molar-refractivity contribution is -0.151. The minimum Gasteiger partial charge on any atom is -0.394 e. The van der Waals surface area contributed by atoms with Gasteiger partial charge in [0.1, 0.15) is 5.82 Å². The molecule has 1 amide bonds. The molecular formula is C16H22FNO3. The number of hydrogen-bond acceptors (Lipinski definition) is 3. The van der Waals surface area contributed by atoms with Crippen LogP contribution in [0.1, 0.15) is 26.3 Å². The van der Waals surface area contributed by atoms with Gasteiger partial charge in [-0.05, 0) is 38.5 Å². The van der Waals surface area contributed by atoms with Crippen LogP contribution in [-0.2, 0) is 14.9 Å². The van der Waals surface area contributed by atoms with Gasteiger partial charge in [0, 0.05) is 6.54 Å². The predicted molar refractivity (Wildman–Crippen MR) is 77.4 cm³/mol. The average molecular weight is 295 g/mol. The average Bonchev–Trinajstić information content (AvgIpc) is 2.47. The Kier molecular flexibility index (Phi) is 4.64. The normalized spacial score (nSPS) is 23.2. The second-order valence-electron chi connectivity index (χ2n) is 6.08. The lowest BCUT2D eigenvalue weighted by Gasteiger charge is -2.41. The number of aliphatic hydroxyl groups excluding tert-OH is 1. The maximum Gasteiger partial charge on any atom is 0.233 e. The van der Waals surface area contributed by atoms with Gasteiger partial charge >= 0.3 is 0 Å². The van der Waals surface area contributed by atoms with Crippen molar-refractivity contribution in [1.82, 2.24) is 4.90 Å². The molecule has 0 saturated carbocycles. The van der Waals surface area contributed by atoms with E-state index in [1.54, 1.807) is 17.0 Å². The van der Waals surface area contributed by atoms with Crippen LogP contribution in [-0.4, -0.2) is 47.8 Å². The van der Waals surface area contributed by atoms with E-state index in [1.807, 2.05) is 20.8 Å². The van der Waals surface area contributed by atoms with Crippen LogP contribution < -0.4 is 0 Å². The van der Waals surface area contributed by atoms with Crippen molar-refractivity contribution in [3.05, 3.63) is 35.6 Å². The minimum atomic E-state index is -0.751. The van der Waals surface area contributed by atoms with Crippen molar-refractivity contribution in [3.8, 4) is 0 Å². The number of halogens is 1. The van der Waals surface area contributed by atoms with E-state index in [0.717, 1.165) is 5.56 Å². The Morgan fingerprint density at radius 3 is 2.62 bits per heavy atom. The molecular weight excluding hydrogens is 273 g/mol. The van der Waals surface area contributed by atoms with E-state index < -0.39 is 5.41 Å². The monoisotopic (exact) mass is 295 g/mol. The third kappa shape index (κ3) is 3.24. The first-order valence-electron chi connectivity index (χ1n) is 7.16. The Morgan fingerprint density at radius 1 is 1.43 bits per heavy atom. The Bertz CT molecular complexity index is 501. The standard InChI is InChI=1S/C16H22FNO3/c1-11-10-21-14(9-19)8-18(11)15(20)16(2,3)12-4-6-13(17)7-5-12/h4-7,11,14,19H,8-10H2,1-3H3. The second-order valence-corrected chi connectivity index (χ2v) is 6.08. The fraction of sp³-hybridized carbons (Fsp3) is 0.562. The van der Waals surface area contributed by atoms with Gasteiger partial charge in [-0.1, -0.05) is 12.1 Å². The number of ether oxygens (including phenoxy) is 1. The minimum absolute atomic E-state index is 0.0386. The topological polar surface area (TPSA) is 49.8 Å². The number of rotatable bonds is 3. The van der Waals surface area contributed by atoms with Gasteiger partial charge in [0.25, 0.3) is 0 Å². The van der Waals surface area contributed by atoms with Gasteiger partial charge in [-0.2, -0.15) is 0 Å². The highest BCUT2D eigenvalue weighted by atomic mass is 19.1. The summed E-state index contributed by atoms with van der Waals surface area (Å²) in [5, 5.41) is 9.22. The number of aliphatic hydroxyl groups is 1. The van der Waals surface area contributed by atoms with Crippen molar-refractivity contribution in [2.45, 2.75) is 38.3 Å². The Hall–Kier alpha value is -1.46. The molecule has 0 aromatic heterocycles. The number of nitrogens with zero attached hydrogens (tertiary/aromatic N) is 1. The Labute approximate surface area is 124 Å². The van der Waals surface area contributed by atoms with Crippen molar-refractivity contribution >= 4 is 5.91 Å². The van der Waals surface area contributed by atoms with Crippen molar-refractivity contribution < 1.29 is 19.0 Å². The van der Waals surface area contributed by atoms with Crippen molar-refractivity contribution in [2.75, 3.05) is 19.8 Å². The summed E-state index contributed by atoms with van der Waals surface area (Å²) in [5.41, 5.74) is 0.0207. The molecule has 1 saturated heterocycles. The van der Waals surface area contributed by atoms with Crippen molar-refractivity contribution in [2.24, 2.45) is 0 Å². The molecule has 1 aliphatic heterocycles. The molecule has 0 radical (unpaired) electrons. The van der Waals surface area contributed by atoms with Crippen LogP contribution in [0.5, 0.6) is 0 Å². The summed E-state index contributed by atoms with van der Waals surface area (Å²) < 4.78 is 18.5. The molecule has 4 nitrogen and oxygen atoms in total. The van der Waals surface area contributed by atoms with Gasteiger partial charge in [0.2, 0.25) is 5.91 Å². The summed E-state index contributed by atoms with van der Waals surface area (Å²) in [6.45, 7) is 6.27. The molecule has 116 valence electrons. The molecule has 2 atom stereocenters. The fourth-order valence-electron chi connectivity index (χ4n) is 2.56. The number of amides is 1. The lowest BCUT2D eigenvalue weighted by atomic mass is 9.82. The van der Waals surface area contributed by atoms with E-state index in [1.165, 1.54) is 12.1 Å². The SMILES string of the molecule is CC1COC(CO)CN1C(=O)C(C)(C)c1ccc(F)cc1. The van der Waals surface area contributed by atoms with E-state index in [9.17, 15) is 14.3 Å². The van der Waals surface area contributed by atoms with E-state index in [-0.39, 0.29) is 30.5 Å². The molecule has 1 aromatic rings. The summed E-state index contributed by atoms with van der Waals surface area (Å²) in [6, 6.07) is 5.97. The molecule has 2 unspecified atom stereocenters. The van der Waals surface area contributed by atoms with E-state index >= 15 is 0 Å². The maximum absolute atomic E-state index is 13.1. The van der Waals surface area contributed by atoms with Crippen LogP contribution in [0, 0.1) is 5.82 Å². The van der Waals surface area contributed by atoms with Gasteiger partial charge in [-0.15, -0.1) is 0 Å². The smallest absolute Gasteiger partial charge is 0.233 e. The highest BCUT2D eigenvalue weighted by molar-refractivity contribution is 5.87. The molecule has 1 aliphatic rings. The highest BCUT2D eigenvalue weighted by Crippen LogP contribution is 2.28. The molecule has 0 bridgehead atoms. The first-order chi connectivity index (χ1) is 9.86. The highest BCUT2D eigenvalue weighted by Gasteiger charge is 2.38. The predicted octanol–water partition coefficient (Wildman–Crippen LogP) is 1.71. The van der Waals surface area contributed by atoms with Crippen LogP contribution >= 0.6 is 0 Å². The van der Waals surface area contributed by atoms with Gasteiger partial charge < -0.3 is 14.7 Å². The lowest BCUT2D eigenvalue weighted by Crippen LogP contribution is -2.56. The van der Waals surface area contributed by atoms with E-state index in [2.05, 4.69) is 0 Å². The zero-order valence-electron chi connectivity index (χ0n) is 12.7. The van der Waals surface area contributed by atoms with Crippen molar-refractivity contribution in [1.29, 1.82) is 0 Å². The summed E-state index contributed by atoms with van der Waals surface area (Å²) in [6.07, 6.45) is -0.339. The van der Waals surface area contributed by atoms with E-state index in [4.69, 9.17) is 4.74 Å². The molecule has 2 rings (SSSR count). The quantitative estimate of drug-likeness (QED) is 0.923. The number of hydrogen-bond donors (Lipinski definition) is 1. The summed E-state index contributed by atoms with van der Waals surface area (Å²) in [7, 11) is 0. The largest absolute Gasteiger partial charge is 0.394 e. The molecule has 5 heteroatoms. The zero-order valence-corrected chi connectivity index (χ0v) is 12.7. The van der Waals surface area contributed by atoms with Crippen LogP contribution in [0.2, 0.25) is 0 Å². The molecule has 1 N–H and O–H groups in total. The summed E-state index contributed by atoms with van der Waals surface area (Å²) in [5.74, 6) is -0.356. The number of carbonyl (C=O) groups is 1. The second kappa shape index (κ2) is 6.12. The van der Waals surface area contributed by atoms with Gasteiger partial charge in [0.15, 0.2) is 0 Å². The molecule has 21 heavy (non-hydrogen) atoms.